The zero-order valence-corrected chi connectivity index (χ0v) is 9.62. The van der Waals surface area contributed by atoms with E-state index in [0.29, 0.717) is 10.8 Å². The predicted molar refractivity (Wildman–Crippen MR) is 60.5 cm³/mol. The highest BCUT2D eigenvalue weighted by Crippen LogP contribution is 2.11. The Bertz CT molecular complexity index is 402. The summed E-state index contributed by atoms with van der Waals surface area (Å²) in [6.07, 6.45) is 1.43. The number of aryl methyl sites for hydroxylation is 1. The first-order valence-electron chi connectivity index (χ1n) is 4.39. The standard InChI is InChI=1S/C10H12ClN3O/c1-7-4-5-8(11)13-9(7)10(15)12-6-14(2)3/h4-6H,1-3H3. The summed E-state index contributed by atoms with van der Waals surface area (Å²) in [5.74, 6) is -0.385. The first-order chi connectivity index (χ1) is 7.00. The molecular weight excluding hydrogens is 214 g/mol. The number of hydrogen-bond donors (Lipinski definition) is 0. The summed E-state index contributed by atoms with van der Waals surface area (Å²) < 4.78 is 0. The molecule has 80 valence electrons. The van der Waals surface area contributed by atoms with Crippen molar-refractivity contribution in [2.24, 2.45) is 4.99 Å². The lowest BCUT2D eigenvalue weighted by atomic mass is 10.2. The van der Waals surface area contributed by atoms with Crippen molar-refractivity contribution in [2.75, 3.05) is 14.1 Å². The summed E-state index contributed by atoms with van der Waals surface area (Å²) in [5.41, 5.74) is 1.06. The van der Waals surface area contributed by atoms with Crippen LogP contribution in [0.4, 0.5) is 0 Å². The van der Waals surface area contributed by atoms with Crippen LogP contribution in [0.5, 0.6) is 0 Å². The molecule has 1 heterocycles. The Balaban J connectivity index is 2.96. The van der Waals surface area contributed by atoms with Crippen LogP contribution in [0.2, 0.25) is 5.15 Å². The number of hydrogen-bond acceptors (Lipinski definition) is 2. The number of aliphatic imine (C=N–C) groups is 1. The number of aromatic nitrogens is 1. The maximum Gasteiger partial charge on any atom is 0.297 e. The van der Waals surface area contributed by atoms with Gasteiger partial charge in [-0.1, -0.05) is 17.7 Å². The van der Waals surface area contributed by atoms with E-state index in [1.807, 2.05) is 0 Å². The molecule has 0 fully saturated rings. The molecule has 0 saturated heterocycles. The van der Waals surface area contributed by atoms with Gasteiger partial charge in [-0.25, -0.2) is 4.98 Å². The van der Waals surface area contributed by atoms with Gasteiger partial charge in [-0.3, -0.25) is 4.79 Å². The molecule has 0 aliphatic heterocycles. The van der Waals surface area contributed by atoms with E-state index >= 15 is 0 Å². The number of pyridine rings is 1. The van der Waals surface area contributed by atoms with Gasteiger partial charge in [-0.05, 0) is 18.6 Å². The molecule has 4 nitrogen and oxygen atoms in total. The number of nitrogens with zero attached hydrogens (tertiary/aromatic N) is 3. The largest absolute Gasteiger partial charge is 0.369 e. The maximum absolute atomic E-state index is 11.6. The molecule has 5 heteroatoms. The van der Waals surface area contributed by atoms with Crippen LogP contribution in [0.1, 0.15) is 16.1 Å². The van der Waals surface area contributed by atoms with Crippen LogP contribution in [0, 0.1) is 6.92 Å². The molecule has 0 aromatic carbocycles. The highest BCUT2D eigenvalue weighted by molar-refractivity contribution is 6.29. The van der Waals surface area contributed by atoms with Gasteiger partial charge < -0.3 is 4.90 Å². The molecule has 15 heavy (non-hydrogen) atoms. The van der Waals surface area contributed by atoms with Crippen LogP contribution in [0.3, 0.4) is 0 Å². The fourth-order valence-corrected chi connectivity index (χ4v) is 1.10. The summed E-state index contributed by atoms with van der Waals surface area (Å²) in [5, 5.41) is 0.295. The third-order valence-electron chi connectivity index (χ3n) is 1.67. The van der Waals surface area contributed by atoms with Gasteiger partial charge in [-0.15, -0.1) is 0 Å². The molecule has 1 aromatic heterocycles. The topological polar surface area (TPSA) is 45.6 Å². The molecule has 0 aliphatic rings. The highest BCUT2D eigenvalue weighted by Gasteiger charge is 2.09. The molecular formula is C10H12ClN3O. The monoisotopic (exact) mass is 225 g/mol. The molecule has 0 saturated carbocycles. The minimum absolute atomic E-state index is 0.292. The Hall–Kier alpha value is -1.42. The van der Waals surface area contributed by atoms with Crippen molar-refractivity contribution in [1.29, 1.82) is 0 Å². The van der Waals surface area contributed by atoms with Crippen molar-refractivity contribution < 1.29 is 4.79 Å². The molecule has 0 N–H and O–H groups in total. The van der Waals surface area contributed by atoms with E-state index in [0.717, 1.165) is 5.56 Å². The molecule has 0 radical (unpaired) electrons. The van der Waals surface area contributed by atoms with E-state index in [2.05, 4.69) is 9.98 Å². The number of rotatable bonds is 2. The van der Waals surface area contributed by atoms with E-state index in [-0.39, 0.29) is 5.91 Å². The second-order valence-electron chi connectivity index (χ2n) is 3.31. The second kappa shape index (κ2) is 4.89. The van der Waals surface area contributed by atoms with Crippen LogP contribution < -0.4 is 0 Å². The molecule has 0 unspecified atom stereocenters. The fourth-order valence-electron chi connectivity index (χ4n) is 0.950. The number of amides is 1. The lowest BCUT2D eigenvalue weighted by Crippen LogP contribution is -2.11. The summed E-state index contributed by atoms with van der Waals surface area (Å²) >= 11 is 5.70. The lowest BCUT2D eigenvalue weighted by Gasteiger charge is -2.03. The zero-order valence-electron chi connectivity index (χ0n) is 8.86. The van der Waals surface area contributed by atoms with E-state index in [4.69, 9.17) is 11.6 Å². The Kier molecular flexibility index (Phi) is 3.80. The van der Waals surface area contributed by atoms with Gasteiger partial charge in [0.15, 0.2) is 0 Å². The maximum atomic E-state index is 11.6. The second-order valence-corrected chi connectivity index (χ2v) is 3.70. The molecule has 1 rings (SSSR count). The Morgan fingerprint density at radius 1 is 1.53 bits per heavy atom. The zero-order chi connectivity index (χ0) is 11.4. The summed E-state index contributed by atoms with van der Waals surface area (Å²) in [4.78, 5) is 20.9. The highest BCUT2D eigenvalue weighted by atomic mass is 35.5. The van der Waals surface area contributed by atoms with Gasteiger partial charge in [0.1, 0.15) is 10.8 Å². The number of carbonyl (C=O) groups excluding carboxylic acids is 1. The first kappa shape index (κ1) is 11.7. The van der Waals surface area contributed by atoms with Crippen molar-refractivity contribution in [1.82, 2.24) is 9.88 Å². The van der Waals surface area contributed by atoms with Gasteiger partial charge in [0, 0.05) is 14.1 Å². The van der Waals surface area contributed by atoms with Crippen molar-refractivity contribution in [3.8, 4) is 0 Å². The van der Waals surface area contributed by atoms with E-state index in [1.54, 1.807) is 38.1 Å². The van der Waals surface area contributed by atoms with E-state index in [1.165, 1.54) is 6.34 Å². The Labute approximate surface area is 93.6 Å². The average Bonchev–Trinajstić information content (AvgIpc) is 2.18. The summed E-state index contributed by atoms with van der Waals surface area (Å²) in [7, 11) is 3.57. The van der Waals surface area contributed by atoms with Crippen LogP contribution >= 0.6 is 11.6 Å². The summed E-state index contributed by atoms with van der Waals surface area (Å²) in [6.45, 7) is 1.79. The minimum atomic E-state index is -0.385. The third kappa shape index (κ3) is 3.32. The summed E-state index contributed by atoms with van der Waals surface area (Å²) in [6, 6.07) is 3.39. The molecule has 0 spiro atoms. The fraction of sp³-hybridized carbons (Fsp3) is 0.300. The van der Waals surface area contributed by atoms with Crippen molar-refractivity contribution in [3.63, 3.8) is 0 Å². The van der Waals surface area contributed by atoms with Gasteiger partial charge in [0.2, 0.25) is 0 Å². The lowest BCUT2D eigenvalue weighted by molar-refractivity contribution is 0.0997. The van der Waals surface area contributed by atoms with Crippen molar-refractivity contribution in [3.05, 3.63) is 28.5 Å². The molecule has 1 aromatic rings. The molecule has 0 aliphatic carbocycles. The smallest absolute Gasteiger partial charge is 0.297 e. The molecule has 0 bridgehead atoms. The Morgan fingerprint density at radius 3 is 2.80 bits per heavy atom. The first-order valence-corrected chi connectivity index (χ1v) is 4.76. The van der Waals surface area contributed by atoms with Gasteiger partial charge >= 0.3 is 0 Å². The normalized spacial score (nSPS) is 10.7. The van der Waals surface area contributed by atoms with E-state index < -0.39 is 0 Å². The van der Waals surface area contributed by atoms with Crippen LogP contribution in [-0.2, 0) is 0 Å². The van der Waals surface area contributed by atoms with Crippen LogP contribution in [-0.4, -0.2) is 36.2 Å². The predicted octanol–water partition coefficient (Wildman–Crippen LogP) is 1.77. The molecule has 0 atom stereocenters. The SMILES string of the molecule is Cc1ccc(Cl)nc1C(=O)N=CN(C)C. The van der Waals surface area contributed by atoms with Gasteiger partial charge in [0.05, 0.1) is 6.34 Å². The third-order valence-corrected chi connectivity index (χ3v) is 1.88. The van der Waals surface area contributed by atoms with Crippen LogP contribution in [0.15, 0.2) is 17.1 Å². The van der Waals surface area contributed by atoms with Gasteiger partial charge in [0.25, 0.3) is 5.91 Å². The van der Waals surface area contributed by atoms with Crippen molar-refractivity contribution >= 4 is 23.8 Å². The molecule has 1 amide bonds. The van der Waals surface area contributed by atoms with E-state index in [9.17, 15) is 4.79 Å². The van der Waals surface area contributed by atoms with Crippen molar-refractivity contribution in [2.45, 2.75) is 6.92 Å². The van der Waals surface area contributed by atoms with Gasteiger partial charge in [-0.2, -0.15) is 4.99 Å². The number of halogens is 1. The number of carbonyl (C=O) groups is 1. The minimum Gasteiger partial charge on any atom is -0.369 e. The average molecular weight is 226 g/mol. The van der Waals surface area contributed by atoms with Crippen LogP contribution in [0.25, 0.3) is 0 Å². The quantitative estimate of drug-likeness (QED) is 0.438. The Morgan fingerprint density at radius 2 is 2.20 bits per heavy atom.